The van der Waals surface area contributed by atoms with Crippen molar-refractivity contribution in [2.75, 3.05) is 6.54 Å². The first-order valence-electron chi connectivity index (χ1n) is 8.49. The molecular weight excluding hydrogens is 336 g/mol. The Hall–Kier alpha value is -2.07. The van der Waals surface area contributed by atoms with Crippen molar-refractivity contribution in [1.82, 2.24) is 9.88 Å². The van der Waals surface area contributed by atoms with Crippen LogP contribution < -0.4 is 0 Å². The molecule has 0 bridgehead atoms. The lowest BCUT2D eigenvalue weighted by molar-refractivity contribution is 0.0327. The molecule has 25 heavy (non-hydrogen) atoms. The predicted octanol–water partition coefficient (Wildman–Crippen LogP) is 5.51. The molecule has 1 atom stereocenters. The quantitative estimate of drug-likeness (QED) is 0.675. The SMILES string of the molecule is C[C@H]1CC=C(c2ccc3cc(Cl)cnc3c2)N(C(=O)OC(C)(C)C)C1. The van der Waals surface area contributed by atoms with E-state index < -0.39 is 5.60 Å². The van der Waals surface area contributed by atoms with Crippen molar-refractivity contribution in [3.05, 3.63) is 47.1 Å². The Morgan fingerprint density at radius 2 is 2.08 bits per heavy atom. The molecule has 132 valence electrons. The van der Waals surface area contributed by atoms with Crippen LogP contribution in [0.5, 0.6) is 0 Å². The maximum absolute atomic E-state index is 12.7. The Morgan fingerprint density at radius 3 is 2.80 bits per heavy atom. The van der Waals surface area contributed by atoms with Gasteiger partial charge in [-0.1, -0.05) is 36.7 Å². The average Bonchev–Trinajstić information content (AvgIpc) is 2.52. The van der Waals surface area contributed by atoms with Crippen LogP contribution in [0.4, 0.5) is 4.79 Å². The monoisotopic (exact) mass is 358 g/mol. The highest BCUT2D eigenvalue weighted by Crippen LogP contribution is 2.31. The normalized spacial score (nSPS) is 18.2. The summed E-state index contributed by atoms with van der Waals surface area (Å²) in [6.07, 6.45) is 4.36. The number of hydrogen-bond donors (Lipinski definition) is 0. The van der Waals surface area contributed by atoms with Gasteiger partial charge in [0.25, 0.3) is 0 Å². The number of halogens is 1. The summed E-state index contributed by atoms with van der Waals surface area (Å²) in [4.78, 5) is 18.8. The smallest absolute Gasteiger partial charge is 0.414 e. The van der Waals surface area contributed by atoms with Crippen molar-refractivity contribution >= 4 is 34.3 Å². The van der Waals surface area contributed by atoms with Crippen LogP contribution >= 0.6 is 11.6 Å². The van der Waals surface area contributed by atoms with Crippen LogP contribution in [0.15, 0.2) is 36.5 Å². The number of carbonyl (C=O) groups is 1. The molecule has 0 spiro atoms. The van der Waals surface area contributed by atoms with Gasteiger partial charge in [0.15, 0.2) is 0 Å². The molecule has 1 aromatic carbocycles. The van der Waals surface area contributed by atoms with E-state index in [0.717, 1.165) is 28.6 Å². The van der Waals surface area contributed by atoms with Gasteiger partial charge in [0.1, 0.15) is 5.60 Å². The van der Waals surface area contributed by atoms with Crippen molar-refractivity contribution in [3.63, 3.8) is 0 Å². The molecule has 3 rings (SSSR count). The number of nitrogens with zero attached hydrogens (tertiary/aromatic N) is 2. The molecule has 1 aromatic heterocycles. The molecule has 0 saturated carbocycles. The minimum Gasteiger partial charge on any atom is -0.443 e. The number of rotatable bonds is 1. The van der Waals surface area contributed by atoms with E-state index in [2.05, 4.69) is 18.0 Å². The van der Waals surface area contributed by atoms with Gasteiger partial charge in [-0.2, -0.15) is 0 Å². The fourth-order valence-corrected chi connectivity index (χ4v) is 3.09. The molecule has 5 heteroatoms. The van der Waals surface area contributed by atoms with E-state index >= 15 is 0 Å². The third-order valence-corrected chi connectivity index (χ3v) is 4.27. The second-order valence-corrected chi connectivity index (χ2v) is 8.02. The van der Waals surface area contributed by atoms with Gasteiger partial charge in [0.05, 0.1) is 16.2 Å². The third-order valence-electron chi connectivity index (χ3n) is 4.06. The standard InChI is InChI=1S/C20H23ClN2O2/c1-13-5-8-18(23(12-13)19(24)25-20(2,3)4)15-7-6-14-9-16(21)11-22-17(14)10-15/h6-11,13H,5,12H2,1-4H3/t13-/m0/s1. The van der Waals surface area contributed by atoms with Crippen molar-refractivity contribution in [3.8, 4) is 0 Å². The van der Waals surface area contributed by atoms with E-state index in [1.54, 1.807) is 11.1 Å². The van der Waals surface area contributed by atoms with Crippen molar-refractivity contribution in [2.45, 2.75) is 39.7 Å². The Kier molecular flexibility index (Phi) is 4.74. The molecule has 0 saturated heterocycles. The number of allylic oxidation sites excluding steroid dienone is 1. The maximum Gasteiger partial charge on any atom is 0.414 e. The Morgan fingerprint density at radius 1 is 1.32 bits per heavy atom. The van der Waals surface area contributed by atoms with Crippen molar-refractivity contribution in [1.29, 1.82) is 0 Å². The zero-order chi connectivity index (χ0) is 18.2. The molecule has 2 aromatic rings. The summed E-state index contributed by atoms with van der Waals surface area (Å²) >= 11 is 6.01. The van der Waals surface area contributed by atoms with Gasteiger partial charge in [-0.25, -0.2) is 4.79 Å². The average molecular weight is 359 g/mol. The number of fused-ring (bicyclic) bond motifs is 1. The number of benzene rings is 1. The molecule has 1 aliphatic rings. The minimum absolute atomic E-state index is 0.311. The summed E-state index contributed by atoms with van der Waals surface area (Å²) in [6.45, 7) is 8.42. The van der Waals surface area contributed by atoms with Crippen LogP contribution in [0.2, 0.25) is 5.02 Å². The fraction of sp³-hybridized carbons (Fsp3) is 0.400. The Balaban J connectivity index is 1.97. The van der Waals surface area contributed by atoms with Crippen molar-refractivity contribution in [2.24, 2.45) is 5.92 Å². The number of ether oxygens (including phenoxy) is 1. The van der Waals surface area contributed by atoms with E-state index in [1.807, 2.05) is 45.0 Å². The van der Waals surface area contributed by atoms with E-state index in [9.17, 15) is 4.79 Å². The van der Waals surface area contributed by atoms with Gasteiger partial charge in [0, 0.05) is 23.7 Å². The van der Waals surface area contributed by atoms with Crippen LogP contribution in [-0.2, 0) is 4.74 Å². The lowest BCUT2D eigenvalue weighted by Gasteiger charge is -2.34. The van der Waals surface area contributed by atoms with Crippen LogP contribution in [0.25, 0.3) is 16.6 Å². The molecule has 1 amide bonds. The summed E-state index contributed by atoms with van der Waals surface area (Å²) in [5.41, 5.74) is 2.17. The number of hydrogen-bond acceptors (Lipinski definition) is 3. The van der Waals surface area contributed by atoms with E-state index in [4.69, 9.17) is 16.3 Å². The van der Waals surface area contributed by atoms with Gasteiger partial charge >= 0.3 is 6.09 Å². The summed E-state index contributed by atoms with van der Waals surface area (Å²) in [5.74, 6) is 0.397. The van der Waals surface area contributed by atoms with E-state index in [0.29, 0.717) is 17.5 Å². The number of amides is 1. The van der Waals surface area contributed by atoms with Crippen LogP contribution in [0.3, 0.4) is 0 Å². The minimum atomic E-state index is -0.523. The van der Waals surface area contributed by atoms with Gasteiger partial charge < -0.3 is 4.74 Å². The lowest BCUT2D eigenvalue weighted by Crippen LogP contribution is -2.39. The second kappa shape index (κ2) is 6.68. The van der Waals surface area contributed by atoms with Crippen LogP contribution in [0.1, 0.15) is 39.7 Å². The molecule has 0 unspecified atom stereocenters. The third kappa shape index (κ3) is 4.13. The first-order valence-corrected chi connectivity index (χ1v) is 8.87. The maximum atomic E-state index is 12.7. The summed E-state index contributed by atoms with van der Waals surface area (Å²) < 4.78 is 5.59. The van der Waals surface area contributed by atoms with Crippen molar-refractivity contribution < 1.29 is 9.53 Å². The van der Waals surface area contributed by atoms with E-state index in [1.165, 1.54) is 0 Å². The lowest BCUT2D eigenvalue weighted by atomic mass is 9.98. The van der Waals surface area contributed by atoms with Gasteiger partial charge in [0.2, 0.25) is 0 Å². The zero-order valence-corrected chi connectivity index (χ0v) is 15.8. The molecule has 0 radical (unpaired) electrons. The molecular formula is C20H23ClN2O2. The highest BCUT2D eigenvalue weighted by atomic mass is 35.5. The molecule has 0 N–H and O–H groups in total. The largest absolute Gasteiger partial charge is 0.443 e. The van der Waals surface area contributed by atoms with Gasteiger partial charge in [-0.3, -0.25) is 9.88 Å². The molecule has 0 fully saturated rings. The topological polar surface area (TPSA) is 42.4 Å². The summed E-state index contributed by atoms with van der Waals surface area (Å²) in [7, 11) is 0. The summed E-state index contributed by atoms with van der Waals surface area (Å²) in [6, 6.07) is 7.86. The number of pyridine rings is 1. The first kappa shape index (κ1) is 17.7. The van der Waals surface area contributed by atoms with Gasteiger partial charge in [-0.05, 0) is 45.2 Å². The summed E-state index contributed by atoms with van der Waals surface area (Å²) in [5, 5.41) is 1.59. The zero-order valence-electron chi connectivity index (χ0n) is 15.0. The first-order chi connectivity index (χ1) is 11.7. The molecule has 2 heterocycles. The molecule has 1 aliphatic heterocycles. The Labute approximate surface area is 153 Å². The van der Waals surface area contributed by atoms with Gasteiger partial charge in [-0.15, -0.1) is 0 Å². The Bertz CT molecular complexity index is 839. The van der Waals surface area contributed by atoms with Crippen LogP contribution in [-0.4, -0.2) is 28.1 Å². The highest BCUT2D eigenvalue weighted by Gasteiger charge is 2.29. The molecule has 4 nitrogen and oxygen atoms in total. The highest BCUT2D eigenvalue weighted by molar-refractivity contribution is 6.31. The second-order valence-electron chi connectivity index (χ2n) is 7.58. The molecule has 0 aliphatic carbocycles. The van der Waals surface area contributed by atoms with E-state index in [-0.39, 0.29) is 6.09 Å². The predicted molar refractivity (Wildman–Crippen MR) is 101 cm³/mol. The number of carbonyl (C=O) groups excluding carboxylic acids is 1. The van der Waals surface area contributed by atoms with Crippen LogP contribution in [0, 0.1) is 5.92 Å². The fourth-order valence-electron chi connectivity index (χ4n) is 2.93. The number of aromatic nitrogens is 1.